The fourth-order valence-corrected chi connectivity index (χ4v) is 0.259. The van der Waals surface area contributed by atoms with Gasteiger partial charge in [0.15, 0.2) is 0 Å². The molecule has 104 valence electrons. The van der Waals surface area contributed by atoms with Gasteiger partial charge >= 0.3 is 82.6 Å². The summed E-state index contributed by atoms with van der Waals surface area (Å²) in [5, 5.41) is 53.6. The van der Waals surface area contributed by atoms with Crippen LogP contribution < -0.4 is 56.4 Å². The number of hydrogen-bond acceptors (Lipinski definition) is 7. The third-order valence-corrected chi connectivity index (χ3v) is 0.605. The molecule has 0 amide bonds. The van der Waals surface area contributed by atoms with Crippen molar-refractivity contribution in [1.29, 1.82) is 0 Å². The summed E-state index contributed by atoms with van der Waals surface area (Å²) in [6, 6.07) is 0. The molecule has 6 N–H and O–H groups in total. The van der Waals surface area contributed by atoms with Gasteiger partial charge in [-0.15, -0.1) is 0 Å². The van der Waals surface area contributed by atoms with E-state index in [2.05, 4.69) is 0 Å². The summed E-state index contributed by atoms with van der Waals surface area (Å²) in [6.45, 7) is 0. The van der Waals surface area contributed by atoms with E-state index in [0.717, 1.165) is 0 Å². The molecule has 0 unspecified atom stereocenters. The smallest absolute Gasteiger partial charge is 0.832 e. The Labute approximate surface area is 149 Å². The van der Waals surface area contributed by atoms with Gasteiger partial charge < -0.3 is 35.5 Å². The van der Waals surface area contributed by atoms with Crippen molar-refractivity contribution >= 4 is 31.2 Å². The Hall–Kier alpha value is -0.539. The molecule has 0 fully saturated rings. The summed E-state index contributed by atoms with van der Waals surface area (Å²) in [7, 11) is -2.42. The van der Waals surface area contributed by atoms with Crippen LogP contribution in [0.3, 0.4) is 0 Å². The van der Waals surface area contributed by atoms with Gasteiger partial charge in [-0.2, -0.15) is 0 Å². The Morgan fingerprint density at radius 2 is 0.842 bits per heavy atom. The molecule has 0 aliphatic heterocycles. The van der Waals surface area contributed by atoms with Crippen LogP contribution in [0.1, 0.15) is 12.8 Å². The monoisotopic (exact) mass is 308 g/mol. The Morgan fingerprint density at radius 3 is 0.842 bits per heavy atom. The minimum atomic E-state index is -2.42. The Kier molecular flexibility index (Phi) is 24.7. The van der Waals surface area contributed by atoms with Crippen molar-refractivity contribution in [2.45, 2.75) is 12.8 Å². The Bertz CT molecular complexity index is 238. The fraction of sp³-hybridized carbons (Fsp3) is 0.333. The molecule has 0 spiro atoms. The van der Waals surface area contributed by atoms with Crippen molar-refractivity contribution in [1.82, 2.24) is 0 Å². The summed E-state index contributed by atoms with van der Waals surface area (Å²) in [4.78, 5) is 37.7. The SMILES string of the molecule is O=C(O)CC(=O)O.O=C(O)CC(=O)O.[K+].[O-]B(O)O. The molecule has 19 heavy (non-hydrogen) atoms. The first kappa shape index (κ1) is 26.9. The van der Waals surface area contributed by atoms with Crippen LogP contribution in [0.2, 0.25) is 0 Å². The van der Waals surface area contributed by atoms with Crippen molar-refractivity contribution in [2.24, 2.45) is 0 Å². The molecule has 13 heteroatoms. The number of carboxylic acid groups (broad SMARTS) is 4. The van der Waals surface area contributed by atoms with Crippen LogP contribution in [0.5, 0.6) is 0 Å². The summed E-state index contributed by atoms with van der Waals surface area (Å²) >= 11 is 0. The second-order valence-corrected chi connectivity index (χ2v) is 2.25. The summed E-state index contributed by atoms with van der Waals surface area (Å²) in [6.07, 6.45) is -1.61. The maximum Gasteiger partial charge on any atom is 1.00 e. The molecule has 0 atom stereocenters. The molecular weight excluding hydrogens is 298 g/mol. The third-order valence-electron chi connectivity index (χ3n) is 0.605. The molecule has 0 bridgehead atoms. The van der Waals surface area contributed by atoms with Crippen LogP contribution in [-0.4, -0.2) is 61.7 Å². The van der Waals surface area contributed by atoms with Crippen LogP contribution in [0, 0.1) is 0 Å². The van der Waals surface area contributed by atoms with E-state index in [4.69, 9.17) is 35.5 Å². The molecule has 0 aromatic rings. The van der Waals surface area contributed by atoms with E-state index in [1.807, 2.05) is 0 Å². The zero-order valence-electron chi connectivity index (χ0n) is 9.72. The number of carboxylic acids is 4. The summed E-state index contributed by atoms with van der Waals surface area (Å²) in [5.41, 5.74) is 0. The maximum absolute atomic E-state index is 9.43. The largest absolute Gasteiger partial charge is 1.00 e. The van der Waals surface area contributed by atoms with E-state index < -0.39 is 44.0 Å². The van der Waals surface area contributed by atoms with Gasteiger partial charge in [-0.3, -0.25) is 19.2 Å². The third kappa shape index (κ3) is 75.0. The zero-order valence-corrected chi connectivity index (χ0v) is 12.8. The van der Waals surface area contributed by atoms with Crippen LogP contribution >= 0.6 is 0 Å². The van der Waals surface area contributed by atoms with Gasteiger partial charge in [0.2, 0.25) is 0 Å². The van der Waals surface area contributed by atoms with Gasteiger partial charge in [0, 0.05) is 0 Å². The van der Waals surface area contributed by atoms with Crippen molar-refractivity contribution in [3.8, 4) is 0 Å². The van der Waals surface area contributed by atoms with E-state index in [0.29, 0.717) is 0 Å². The second-order valence-electron chi connectivity index (χ2n) is 2.25. The van der Waals surface area contributed by atoms with Gasteiger partial charge in [0.1, 0.15) is 12.8 Å². The van der Waals surface area contributed by atoms with E-state index in [1.165, 1.54) is 0 Å². The second kappa shape index (κ2) is 17.5. The van der Waals surface area contributed by atoms with Crippen LogP contribution in [-0.2, 0) is 19.2 Å². The molecule has 0 aliphatic carbocycles. The van der Waals surface area contributed by atoms with E-state index >= 15 is 0 Å². The molecule has 0 rings (SSSR count). The fourth-order valence-electron chi connectivity index (χ4n) is 0.259. The topological polar surface area (TPSA) is 213 Å². The van der Waals surface area contributed by atoms with Crippen molar-refractivity contribution < 1.29 is 106 Å². The average molecular weight is 308 g/mol. The predicted octanol–water partition coefficient (Wildman–Crippen LogP) is -6.59. The number of hydrogen-bond donors (Lipinski definition) is 6. The average Bonchev–Trinajstić information content (AvgIpc) is 1.96. The van der Waals surface area contributed by atoms with Crippen LogP contribution in [0.4, 0.5) is 0 Å². The molecule has 0 heterocycles. The predicted molar refractivity (Wildman–Crippen MR) is 50.0 cm³/mol. The number of carbonyl (C=O) groups is 4. The van der Waals surface area contributed by atoms with Gasteiger partial charge in [0.05, 0.1) is 0 Å². The Balaban J connectivity index is -0.0000000900. The molecule has 0 aliphatic rings. The van der Waals surface area contributed by atoms with Gasteiger partial charge in [-0.05, 0) is 0 Å². The zero-order chi connectivity index (χ0) is 15.3. The molecule has 0 saturated heterocycles. The van der Waals surface area contributed by atoms with E-state index in [1.54, 1.807) is 0 Å². The summed E-state index contributed by atoms with van der Waals surface area (Å²) in [5.74, 6) is -5.25. The van der Waals surface area contributed by atoms with Crippen molar-refractivity contribution in [3.05, 3.63) is 0 Å². The Morgan fingerprint density at radius 1 is 0.737 bits per heavy atom. The molecular formula is C6H10BKO11. The quantitative estimate of drug-likeness (QED) is 0.212. The van der Waals surface area contributed by atoms with Gasteiger partial charge in [0.25, 0.3) is 0 Å². The molecule has 0 aromatic carbocycles. The van der Waals surface area contributed by atoms with E-state index in [9.17, 15) is 19.2 Å². The van der Waals surface area contributed by atoms with Crippen LogP contribution in [0.25, 0.3) is 0 Å². The first-order valence-corrected chi connectivity index (χ1v) is 3.88. The summed E-state index contributed by atoms with van der Waals surface area (Å²) < 4.78 is 0. The van der Waals surface area contributed by atoms with Crippen molar-refractivity contribution in [3.63, 3.8) is 0 Å². The minimum absolute atomic E-state index is 0. The maximum atomic E-state index is 9.43. The number of aliphatic carboxylic acids is 4. The van der Waals surface area contributed by atoms with Crippen LogP contribution in [0.15, 0.2) is 0 Å². The standard InChI is InChI=1S/2C3H4O4.BH2O3.K/c2*4-2(5)1-3(6)7;2-1(3)4;/h2*1H2,(H,4,5)(H,6,7);2-3H;/q;;-1;+1. The van der Waals surface area contributed by atoms with E-state index in [-0.39, 0.29) is 51.4 Å². The van der Waals surface area contributed by atoms with Gasteiger partial charge in [-0.1, -0.05) is 0 Å². The molecule has 0 saturated carbocycles. The number of rotatable bonds is 4. The normalized spacial score (nSPS) is 7.32. The first-order chi connectivity index (χ1) is 7.98. The minimum Gasteiger partial charge on any atom is -0.832 e. The van der Waals surface area contributed by atoms with Crippen molar-refractivity contribution in [2.75, 3.05) is 0 Å². The molecule has 0 aromatic heterocycles. The van der Waals surface area contributed by atoms with Gasteiger partial charge in [-0.25, -0.2) is 0 Å². The molecule has 0 radical (unpaired) electrons. The molecule has 11 nitrogen and oxygen atoms in total. The first-order valence-electron chi connectivity index (χ1n) is 3.88.